The fourth-order valence-corrected chi connectivity index (χ4v) is 1.87. The van der Waals surface area contributed by atoms with Crippen molar-refractivity contribution in [2.75, 3.05) is 27.2 Å². The van der Waals surface area contributed by atoms with Crippen LogP contribution in [0.5, 0.6) is 0 Å². The van der Waals surface area contributed by atoms with Crippen LogP contribution in [-0.4, -0.2) is 49.2 Å². The average Bonchev–Trinajstić information content (AvgIpc) is 2.46. The van der Waals surface area contributed by atoms with Crippen molar-refractivity contribution < 1.29 is 19.4 Å². The molecule has 1 heterocycles. The average molecular weight is 201 g/mol. The van der Waals surface area contributed by atoms with Crippen LogP contribution in [0.2, 0.25) is 0 Å². The second-order valence-electron chi connectivity index (χ2n) is 3.71. The molecule has 0 radical (unpaired) electrons. The van der Waals surface area contributed by atoms with E-state index in [0.29, 0.717) is 13.1 Å². The molecule has 0 aromatic heterocycles. The third-order valence-corrected chi connectivity index (χ3v) is 2.60. The minimum Gasteiger partial charge on any atom is -0.481 e. The monoisotopic (exact) mass is 201 g/mol. The van der Waals surface area contributed by atoms with E-state index in [-0.39, 0.29) is 18.3 Å². The molecule has 1 rings (SSSR count). The lowest BCUT2D eigenvalue weighted by molar-refractivity contribution is -0.145. The summed E-state index contributed by atoms with van der Waals surface area (Å²) in [6.45, 7) is 1.16. The SMILES string of the molecule is COC(=O)C[C@H]1CN(C)C[C@H]1C(=O)O. The maximum atomic E-state index is 11.0. The second-order valence-corrected chi connectivity index (χ2v) is 3.71. The summed E-state index contributed by atoms with van der Waals surface area (Å²) in [5.41, 5.74) is 0. The summed E-state index contributed by atoms with van der Waals surface area (Å²) in [6, 6.07) is 0. The molecule has 0 saturated carbocycles. The number of carboxylic acid groups (broad SMARTS) is 1. The van der Waals surface area contributed by atoms with Crippen molar-refractivity contribution in [2.24, 2.45) is 11.8 Å². The highest BCUT2D eigenvalue weighted by Gasteiger charge is 2.37. The molecule has 0 amide bonds. The number of rotatable bonds is 3. The predicted molar refractivity (Wildman–Crippen MR) is 48.7 cm³/mol. The molecule has 80 valence electrons. The Labute approximate surface area is 82.6 Å². The lowest BCUT2D eigenvalue weighted by Gasteiger charge is -2.12. The Morgan fingerprint density at radius 1 is 1.50 bits per heavy atom. The molecule has 2 atom stereocenters. The molecule has 0 unspecified atom stereocenters. The van der Waals surface area contributed by atoms with Crippen LogP contribution in [0.25, 0.3) is 0 Å². The summed E-state index contributed by atoms with van der Waals surface area (Å²) in [6.07, 6.45) is 0.192. The number of nitrogens with zero attached hydrogens (tertiary/aromatic N) is 1. The normalized spacial score (nSPS) is 27.6. The van der Waals surface area contributed by atoms with Gasteiger partial charge in [0.1, 0.15) is 0 Å². The smallest absolute Gasteiger partial charge is 0.308 e. The van der Waals surface area contributed by atoms with Gasteiger partial charge in [0.05, 0.1) is 19.4 Å². The number of hydrogen-bond acceptors (Lipinski definition) is 4. The maximum Gasteiger partial charge on any atom is 0.308 e. The standard InChI is InChI=1S/C9H15NO4/c1-10-4-6(3-8(11)14-2)7(5-10)9(12)13/h6-7H,3-5H2,1-2H3,(H,12,13)/t6-,7+/m0/s1. The molecule has 0 aromatic carbocycles. The Balaban J connectivity index is 2.57. The second kappa shape index (κ2) is 4.41. The molecule has 1 fully saturated rings. The minimum atomic E-state index is -0.830. The zero-order valence-electron chi connectivity index (χ0n) is 8.40. The van der Waals surface area contributed by atoms with E-state index in [1.165, 1.54) is 7.11 Å². The summed E-state index contributed by atoms with van der Waals surface area (Å²) >= 11 is 0. The summed E-state index contributed by atoms with van der Waals surface area (Å²) in [5, 5.41) is 8.91. The van der Waals surface area contributed by atoms with E-state index in [4.69, 9.17) is 5.11 Å². The van der Waals surface area contributed by atoms with Crippen molar-refractivity contribution in [1.29, 1.82) is 0 Å². The zero-order valence-corrected chi connectivity index (χ0v) is 8.40. The van der Waals surface area contributed by atoms with Crippen molar-refractivity contribution in [1.82, 2.24) is 4.90 Å². The molecular weight excluding hydrogens is 186 g/mol. The Morgan fingerprint density at radius 2 is 2.14 bits per heavy atom. The van der Waals surface area contributed by atoms with E-state index >= 15 is 0 Å². The van der Waals surface area contributed by atoms with Gasteiger partial charge >= 0.3 is 11.9 Å². The van der Waals surface area contributed by atoms with Crippen LogP contribution < -0.4 is 0 Å². The quantitative estimate of drug-likeness (QED) is 0.641. The van der Waals surface area contributed by atoms with E-state index in [9.17, 15) is 9.59 Å². The molecular formula is C9H15NO4. The third-order valence-electron chi connectivity index (χ3n) is 2.60. The van der Waals surface area contributed by atoms with E-state index in [1.54, 1.807) is 0 Å². The number of carboxylic acids is 1. The van der Waals surface area contributed by atoms with Crippen LogP contribution in [-0.2, 0) is 14.3 Å². The number of aliphatic carboxylic acids is 1. The van der Waals surface area contributed by atoms with Crippen molar-refractivity contribution in [3.8, 4) is 0 Å². The van der Waals surface area contributed by atoms with Gasteiger partial charge in [0.2, 0.25) is 0 Å². The highest BCUT2D eigenvalue weighted by Crippen LogP contribution is 2.25. The van der Waals surface area contributed by atoms with Crippen LogP contribution in [0.1, 0.15) is 6.42 Å². The number of methoxy groups -OCH3 is 1. The van der Waals surface area contributed by atoms with Crippen LogP contribution >= 0.6 is 0 Å². The molecule has 1 aliphatic rings. The Morgan fingerprint density at radius 3 is 2.64 bits per heavy atom. The maximum absolute atomic E-state index is 11.0. The molecule has 0 aliphatic carbocycles. The van der Waals surface area contributed by atoms with E-state index < -0.39 is 11.9 Å². The van der Waals surface area contributed by atoms with Gasteiger partial charge < -0.3 is 14.7 Å². The fourth-order valence-electron chi connectivity index (χ4n) is 1.87. The van der Waals surface area contributed by atoms with Crippen molar-refractivity contribution in [3.05, 3.63) is 0 Å². The van der Waals surface area contributed by atoms with Gasteiger partial charge in [0, 0.05) is 13.1 Å². The number of ether oxygens (including phenoxy) is 1. The van der Waals surface area contributed by atoms with Gasteiger partial charge in [-0.05, 0) is 13.0 Å². The number of carbonyl (C=O) groups is 2. The molecule has 1 saturated heterocycles. The fraction of sp³-hybridized carbons (Fsp3) is 0.778. The number of hydrogen-bond donors (Lipinski definition) is 1. The van der Waals surface area contributed by atoms with Gasteiger partial charge in [-0.1, -0.05) is 0 Å². The lowest BCUT2D eigenvalue weighted by atomic mass is 9.93. The number of esters is 1. The molecule has 5 heteroatoms. The minimum absolute atomic E-state index is 0.120. The molecule has 0 bridgehead atoms. The molecule has 0 aromatic rings. The summed E-state index contributed by atoms with van der Waals surface area (Å²) < 4.78 is 4.53. The topological polar surface area (TPSA) is 66.8 Å². The van der Waals surface area contributed by atoms with E-state index in [1.807, 2.05) is 11.9 Å². The van der Waals surface area contributed by atoms with E-state index in [0.717, 1.165) is 0 Å². The Kier molecular flexibility index (Phi) is 3.46. The van der Waals surface area contributed by atoms with Gasteiger partial charge in [-0.15, -0.1) is 0 Å². The van der Waals surface area contributed by atoms with Crippen molar-refractivity contribution in [2.45, 2.75) is 6.42 Å². The first-order valence-electron chi connectivity index (χ1n) is 4.52. The van der Waals surface area contributed by atoms with Crippen molar-refractivity contribution in [3.63, 3.8) is 0 Å². The summed E-state index contributed by atoms with van der Waals surface area (Å²) in [5.74, 6) is -1.73. The zero-order chi connectivity index (χ0) is 10.7. The molecule has 5 nitrogen and oxygen atoms in total. The highest BCUT2D eigenvalue weighted by atomic mass is 16.5. The molecule has 0 spiro atoms. The van der Waals surface area contributed by atoms with E-state index in [2.05, 4.69) is 4.74 Å². The van der Waals surface area contributed by atoms with Crippen LogP contribution in [0, 0.1) is 11.8 Å². The lowest BCUT2D eigenvalue weighted by Crippen LogP contribution is -2.24. The highest BCUT2D eigenvalue weighted by molar-refractivity contribution is 5.74. The van der Waals surface area contributed by atoms with Gasteiger partial charge in [-0.25, -0.2) is 0 Å². The summed E-state index contributed by atoms with van der Waals surface area (Å²) in [7, 11) is 3.17. The van der Waals surface area contributed by atoms with Crippen LogP contribution in [0.15, 0.2) is 0 Å². The Hall–Kier alpha value is -1.10. The van der Waals surface area contributed by atoms with Crippen molar-refractivity contribution >= 4 is 11.9 Å². The molecule has 1 aliphatic heterocycles. The first kappa shape index (κ1) is 11.0. The van der Waals surface area contributed by atoms with Gasteiger partial charge in [0.25, 0.3) is 0 Å². The third kappa shape index (κ3) is 2.45. The van der Waals surface area contributed by atoms with Gasteiger partial charge in [-0.2, -0.15) is 0 Å². The summed E-state index contributed by atoms with van der Waals surface area (Å²) in [4.78, 5) is 23.8. The number of carbonyl (C=O) groups excluding carboxylic acids is 1. The molecule has 14 heavy (non-hydrogen) atoms. The Bertz CT molecular complexity index is 241. The van der Waals surface area contributed by atoms with Gasteiger partial charge in [-0.3, -0.25) is 9.59 Å². The first-order chi connectivity index (χ1) is 6.54. The van der Waals surface area contributed by atoms with Gasteiger partial charge in [0.15, 0.2) is 0 Å². The first-order valence-corrected chi connectivity index (χ1v) is 4.52. The number of likely N-dealkylation sites (tertiary alicyclic amines) is 1. The van der Waals surface area contributed by atoms with Crippen LogP contribution in [0.4, 0.5) is 0 Å². The molecule has 1 N–H and O–H groups in total. The largest absolute Gasteiger partial charge is 0.481 e. The predicted octanol–water partition coefficient (Wildman–Crippen LogP) is -0.188. The van der Waals surface area contributed by atoms with Crippen LogP contribution in [0.3, 0.4) is 0 Å².